The summed E-state index contributed by atoms with van der Waals surface area (Å²) < 4.78 is 0. The maximum absolute atomic E-state index is 9.10. The molecule has 1 rings (SSSR count). The molecule has 0 heterocycles. The SMILES string of the molecule is CN(C)CCCN(CCCN(C)C)Cc1ccc(Cl)c(Cl)c1.O=C(O)C(=O)O. The molecule has 160 valence electrons. The van der Waals surface area contributed by atoms with Gasteiger partial charge in [-0.25, -0.2) is 9.59 Å². The van der Waals surface area contributed by atoms with Gasteiger partial charge in [-0.2, -0.15) is 0 Å². The number of nitrogens with zero attached hydrogens (tertiary/aromatic N) is 3. The van der Waals surface area contributed by atoms with E-state index in [4.69, 9.17) is 43.0 Å². The molecule has 0 bridgehead atoms. The van der Waals surface area contributed by atoms with E-state index in [1.165, 1.54) is 18.4 Å². The molecule has 0 saturated heterocycles. The molecule has 0 saturated carbocycles. The minimum absolute atomic E-state index is 0.622. The maximum Gasteiger partial charge on any atom is 0.414 e. The lowest BCUT2D eigenvalue weighted by molar-refractivity contribution is -0.159. The van der Waals surface area contributed by atoms with Crippen molar-refractivity contribution < 1.29 is 19.8 Å². The van der Waals surface area contributed by atoms with E-state index >= 15 is 0 Å². The molecular weight excluding hydrogens is 405 g/mol. The molecule has 2 N–H and O–H groups in total. The average molecular weight is 436 g/mol. The van der Waals surface area contributed by atoms with Gasteiger partial charge >= 0.3 is 11.9 Å². The molecule has 1 aromatic carbocycles. The second kappa shape index (κ2) is 14.6. The van der Waals surface area contributed by atoms with Gasteiger partial charge in [0.05, 0.1) is 10.0 Å². The number of aliphatic carboxylic acids is 2. The van der Waals surface area contributed by atoms with Gasteiger partial charge in [-0.05, 0) is 84.9 Å². The summed E-state index contributed by atoms with van der Waals surface area (Å²) in [4.78, 5) is 25.2. The van der Waals surface area contributed by atoms with Crippen LogP contribution < -0.4 is 0 Å². The van der Waals surface area contributed by atoms with Crippen molar-refractivity contribution in [1.29, 1.82) is 0 Å². The van der Waals surface area contributed by atoms with Gasteiger partial charge in [0.25, 0.3) is 0 Å². The van der Waals surface area contributed by atoms with E-state index in [-0.39, 0.29) is 0 Å². The number of carbonyl (C=O) groups is 2. The first-order valence-corrected chi connectivity index (χ1v) is 9.70. The van der Waals surface area contributed by atoms with Gasteiger partial charge in [0, 0.05) is 6.54 Å². The first-order valence-electron chi connectivity index (χ1n) is 8.95. The normalized spacial score (nSPS) is 10.9. The largest absolute Gasteiger partial charge is 0.473 e. The van der Waals surface area contributed by atoms with Crippen molar-refractivity contribution in [3.8, 4) is 0 Å². The molecule has 0 spiro atoms. The Hall–Kier alpha value is -1.38. The third-order valence-electron chi connectivity index (χ3n) is 3.73. The molecule has 0 unspecified atom stereocenters. The van der Waals surface area contributed by atoms with Crippen molar-refractivity contribution in [2.75, 3.05) is 54.4 Å². The standard InChI is InChI=1S/C17H29Cl2N3.C2H2O4/c1-20(2)9-5-11-22(12-6-10-21(3)4)14-15-7-8-16(18)17(19)13-15;3-1(4)2(5)6/h7-8,13H,5-6,9-12,14H2,1-4H3;(H,3,4)(H,5,6). The quantitative estimate of drug-likeness (QED) is 0.546. The monoisotopic (exact) mass is 435 g/mol. The van der Waals surface area contributed by atoms with E-state index < -0.39 is 11.9 Å². The van der Waals surface area contributed by atoms with Crippen molar-refractivity contribution in [2.24, 2.45) is 0 Å². The number of carboxylic acid groups (broad SMARTS) is 2. The fourth-order valence-electron chi connectivity index (χ4n) is 2.39. The van der Waals surface area contributed by atoms with E-state index in [2.05, 4.69) is 49.0 Å². The number of hydrogen-bond acceptors (Lipinski definition) is 5. The summed E-state index contributed by atoms with van der Waals surface area (Å²) in [6, 6.07) is 5.94. The Bertz CT molecular complexity index is 587. The van der Waals surface area contributed by atoms with Crippen LogP contribution in [0.15, 0.2) is 18.2 Å². The summed E-state index contributed by atoms with van der Waals surface area (Å²) in [6.45, 7) is 5.37. The maximum atomic E-state index is 9.10. The summed E-state index contributed by atoms with van der Waals surface area (Å²) in [5.41, 5.74) is 1.23. The van der Waals surface area contributed by atoms with Crippen molar-refractivity contribution >= 4 is 35.1 Å². The van der Waals surface area contributed by atoms with Crippen molar-refractivity contribution in [1.82, 2.24) is 14.7 Å². The van der Waals surface area contributed by atoms with Crippen LogP contribution in [0.3, 0.4) is 0 Å². The van der Waals surface area contributed by atoms with Crippen LogP contribution in [-0.4, -0.2) is 91.2 Å². The van der Waals surface area contributed by atoms with Crippen LogP contribution in [-0.2, 0) is 16.1 Å². The van der Waals surface area contributed by atoms with Crippen LogP contribution >= 0.6 is 23.2 Å². The molecule has 28 heavy (non-hydrogen) atoms. The number of carboxylic acids is 2. The zero-order chi connectivity index (χ0) is 21.7. The first kappa shape index (κ1) is 26.6. The highest BCUT2D eigenvalue weighted by atomic mass is 35.5. The fraction of sp³-hybridized carbons (Fsp3) is 0.579. The van der Waals surface area contributed by atoms with E-state index in [1.807, 2.05) is 12.1 Å². The van der Waals surface area contributed by atoms with E-state index in [0.29, 0.717) is 10.0 Å². The topological polar surface area (TPSA) is 84.3 Å². The van der Waals surface area contributed by atoms with Crippen molar-refractivity contribution in [2.45, 2.75) is 19.4 Å². The Balaban J connectivity index is 0.00000105. The fourth-order valence-corrected chi connectivity index (χ4v) is 2.71. The summed E-state index contributed by atoms with van der Waals surface area (Å²) in [6.07, 6.45) is 2.35. The van der Waals surface area contributed by atoms with Crippen LogP contribution in [0.1, 0.15) is 18.4 Å². The Kier molecular flexibility index (Phi) is 13.9. The number of benzene rings is 1. The van der Waals surface area contributed by atoms with Gasteiger partial charge in [0.2, 0.25) is 0 Å². The van der Waals surface area contributed by atoms with E-state index in [9.17, 15) is 0 Å². The summed E-state index contributed by atoms with van der Waals surface area (Å²) in [5, 5.41) is 16.0. The molecule has 7 nitrogen and oxygen atoms in total. The lowest BCUT2D eigenvalue weighted by Crippen LogP contribution is -2.30. The highest BCUT2D eigenvalue weighted by Crippen LogP contribution is 2.23. The number of halogens is 2. The van der Waals surface area contributed by atoms with Gasteiger partial charge in [-0.3, -0.25) is 4.90 Å². The van der Waals surface area contributed by atoms with Crippen LogP contribution in [0, 0.1) is 0 Å². The van der Waals surface area contributed by atoms with Crippen molar-refractivity contribution in [3.63, 3.8) is 0 Å². The summed E-state index contributed by atoms with van der Waals surface area (Å²) in [5.74, 6) is -3.65. The van der Waals surface area contributed by atoms with Crippen LogP contribution in [0.2, 0.25) is 10.0 Å². The zero-order valence-corrected chi connectivity index (χ0v) is 18.5. The lowest BCUT2D eigenvalue weighted by Gasteiger charge is -2.24. The molecule has 0 fully saturated rings. The highest BCUT2D eigenvalue weighted by molar-refractivity contribution is 6.42. The van der Waals surface area contributed by atoms with Crippen LogP contribution in [0.4, 0.5) is 0 Å². The summed E-state index contributed by atoms with van der Waals surface area (Å²) in [7, 11) is 8.48. The second-order valence-corrected chi connectivity index (χ2v) is 7.76. The molecule has 0 aromatic heterocycles. The van der Waals surface area contributed by atoms with Crippen LogP contribution in [0.25, 0.3) is 0 Å². The smallest absolute Gasteiger partial charge is 0.414 e. The Morgan fingerprint density at radius 1 is 0.821 bits per heavy atom. The van der Waals surface area contributed by atoms with Gasteiger partial charge < -0.3 is 20.0 Å². The van der Waals surface area contributed by atoms with Gasteiger partial charge in [0.1, 0.15) is 0 Å². The molecule has 0 aliphatic heterocycles. The first-order chi connectivity index (χ1) is 13.0. The predicted molar refractivity (Wildman–Crippen MR) is 113 cm³/mol. The van der Waals surface area contributed by atoms with Crippen LogP contribution in [0.5, 0.6) is 0 Å². The lowest BCUT2D eigenvalue weighted by atomic mass is 10.2. The Labute approximate surface area is 177 Å². The number of hydrogen-bond donors (Lipinski definition) is 2. The minimum Gasteiger partial charge on any atom is -0.473 e. The minimum atomic E-state index is -1.82. The molecule has 0 amide bonds. The second-order valence-electron chi connectivity index (χ2n) is 6.95. The molecule has 9 heteroatoms. The molecule has 1 aromatic rings. The molecule has 0 radical (unpaired) electrons. The van der Waals surface area contributed by atoms with E-state index in [0.717, 1.165) is 32.7 Å². The summed E-state index contributed by atoms with van der Waals surface area (Å²) >= 11 is 12.1. The molecule has 0 aliphatic carbocycles. The third kappa shape index (κ3) is 13.7. The van der Waals surface area contributed by atoms with Gasteiger partial charge in [-0.15, -0.1) is 0 Å². The Morgan fingerprint density at radius 2 is 1.29 bits per heavy atom. The zero-order valence-electron chi connectivity index (χ0n) is 17.0. The predicted octanol–water partition coefficient (Wildman–Crippen LogP) is 2.85. The average Bonchev–Trinajstić information content (AvgIpc) is 2.57. The molecule has 0 aliphatic rings. The molecule has 0 atom stereocenters. The Morgan fingerprint density at radius 3 is 1.64 bits per heavy atom. The molecular formula is C19H31Cl2N3O4. The third-order valence-corrected chi connectivity index (χ3v) is 4.47. The highest BCUT2D eigenvalue weighted by Gasteiger charge is 2.08. The van der Waals surface area contributed by atoms with Crippen molar-refractivity contribution in [3.05, 3.63) is 33.8 Å². The van der Waals surface area contributed by atoms with E-state index in [1.54, 1.807) is 0 Å². The van der Waals surface area contributed by atoms with Gasteiger partial charge in [-0.1, -0.05) is 29.3 Å². The van der Waals surface area contributed by atoms with Gasteiger partial charge in [0.15, 0.2) is 0 Å². The number of rotatable bonds is 10.